The lowest BCUT2D eigenvalue weighted by molar-refractivity contribution is 0.0650. The van der Waals surface area contributed by atoms with Gasteiger partial charge in [-0.3, -0.25) is 13.6 Å². The first kappa shape index (κ1) is 25.3. The topological polar surface area (TPSA) is 94.2 Å². The molecule has 1 fully saturated rings. The Morgan fingerprint density at radius 1 is 1.19 bits per heavy atom. The molecule has 198 valence electrons. The molecule has 0 spiro atoms. The molecule has 0 saturated carbocycles. The van der Waals surface area contributed by atoms with Crippen molar-refractivity contribution in [2.75, 3.05) is 58.1 Å². The van der Waals surface area contributed by atoms with Crippen LogP contribution < -0.4 is 10.6 Å². The highest BCUT2D eigenvalue weighted by Gasteiger charge is 2.27. The maximum absolute atomic E-state index is 13.2. The fourth-order valence-corrected chi connectivity index (χ4v) is 5.11. The summed E-state index contributed by atoms with van der Waals surface area (Å²) in [6.07, 6.45) is 6.74. The van der Waals surface area contributed by atoms with E-state index in [0.29, 0.717) is 50.7 Å². The van der Waals surface area contributed by atoms with Crippen LogP contribution in [0, 0.1) is 5.92 Å². The van der Waals surface area contributed by atoms with Gasteiger partial charge in [0.05, 0.1) is 38.6 Å². The van der Waals surface area contributed by atoms with E-state index in [4.69, 9.17) is 9.47 Å². The Morgan fingerprint density at radius 2 is 2.08 bits per heavy atom. The molecule has 5 heterocycles. The minimum Gasteiger partial charge on any atom is -0.382 e. The van der Waals surface area contributed by atoms with Crippen LogP contribution in [0.25, 0.3) is 5.65 Å². The number of halogens is 1. The van der Waals surface area contributed by atoms with Gasteiger partial charge in [0.2, 0.25) is 0 Å². The number of pyridine rings is 2. The molecule has 2 aliphatic rings. The largest absolute Gasteiger partial charge is 0.382 e. The number of fused-ring (bicyclic) bond motifs is 2. The van der Waals surface area contributed by atoms with Crippen molar-refractivity contribution in [2.24, 2.45) is 5.92 Å². The SMILES string of the molecule is COCCOCCn1nc2cc(N3CCCc4cc(C(=O)N5CCC[C@H](CF)C5)cnc43)ccn2c1=O. The van der Waals surface area contributed by atoms with Crippen molar-refractivity contribution in [3.05, 3.63) is 52.2 Å². The van der Waals surface area contributed by atoms with Crippen LogP contribution in [0.4, 0.5) is 15.9 Å². The molecule has 0 aliphatic carbocycles. The van der Waals surface area contributed by atoms with Crippen molar-refractivity contribution < 1.29 is 18.7 Å². The smallest absolute Gasteiger partial charge is 0.350 e. The zero-order valence-corrected chi connectivity index (χ0v) is 21.1. The van der Waals surface area contributed by atoms with E-state index in [1.54, 1.807) is 24.4 Å². The second-order valence-electron chi connectivity index (χ2n) is 9.60. The number of hydrogen-bond acceptors (Lipinski definition) is 7. The Labute approximate surface area is 214 Å². The third-order valence-corrected chi connectivity index (χ3v) is 7.06. The average Bonchev–Trinajstić information content (AvgIpc) is 3.26. The molecule has 37 heavy (non-hydrogen) atoms. The van der Waals surface area contributed by atoms with Crippen molar-refractivity contribution in [1.82, 2.24) is 24.1 Å². The molecule has 5 rings (SSSR count). The van der Waals surface area contributed by atoms with Crippen LogP contribution >= 0.6 is 0 Å². The van der Waals surface area contributed by atoms with Gasteiger partial charge in [-0.1, -0.05) is 0 Å². The lowest BCUT2D eigenvalue weighted by Crippen LogP contribution is -2.40. The number of nitrogens with zero attached hydrogens (tertiary/aromatic N) is 6. The normalized spacial score (nSPS) is 17.8. The molecule has 3 aromatic heterocycles. The molecule has 2 aliphatic heterocycles. The van der Waals surface area contributed by atoms with Gasteiger partial charge >= 0.3 is 5.69 Å². The van der Waals surface area contributed by atoms with E-state index >= 15 is 0 Å². The Morgan fingerprint density at radius 3 is 2.92 bits per heavy atom. The molecule has 0 N–H and O–H groups in total. The molecule has 0 bridgehead atoms. The number of carbonyl (C=O) groups excluding carboxylic acids is 1. The summed E-state index contributed by atoms with van der Waals surface area (Å²) in [5.74, 6) is 0.650. The molecule has 0 radical (unpaired) electrons. The maximum atomic E-state index is 13.2. The molecule has 1 amide bonds. The van der Waals surface area contributed by atoms with Crippen molar-refractivity contribution in [3.8, 4) is 0 Å². The molecule has 1 atom stereocenters. The lowest BCUT2D eigenvalue weighted by Gasteiger charge is -2.33. The van der Waals surface area contributed by atoms with E-state index in [2.05, 4.69) is 15.0 Å². The first-order valence-corrected chi connectivity index (χ1v) is 12.9. The highest BCUT2D eigenvalue weighted by atomic mass is 19.1. The molecule has 1 saturated heterocycles. The van der Waals surface area contributed by atoms with Gasteiger partial charge in [0.1, 0.15) is 5.82 Å². The second kappa shape index (κ2) is 11.4. The first-order chi connectivity index (χ1) is 18.1. The minimum atomic E-state index is -0.391. The van der Waals surface area contributed by atoms with Crippen molar-refractivity contribution >= 4 is 23.1 Å². The number of anilines is 2. The van der Waals surface area contributed by atoms with E-state index in [0.717, 1.165) is 49.3 Å². The van der Waals surface area contributed by atoms with Crippen LogP contribution in [0.5, 0.6) is 0 Å². The van der Waals surface area contributed by atoms with Gasteiger partial charge < -0.3 is 19.3 Å². The van der Waals surface area contributed by atoms with Gasteiger partial charge in [0.15, 0.2) is 5.65 Å². The highest BCUT2D eigenvalue weighted by Crippen LogP contribution is 2.33. The van der Waals surface area contributed by atoms with E-state index < -0.39 is 6.67 Å². The maximum Gasteiger partial charge on any atom is 0.350 e. The number of aromatic nitrogens is 4. The van der Waals surface area contributed by atoms with Gasteiger partial charge in [-0.2, -0.15) is 0 Å². The summed E-state index contributed by atoms with van der Waals surface area (Å²) in [4.78, 5) is 34.3. The molecule has 10 nitrogen and oxygen atoms in total. The van der Waals surface area contributed by atoms with Crippen LogP contribution in [0.2, 0.25) is 0 Å². The fourth-order valence-electron chi connectivity index (χ4n) is 5.11. The first-order valence-electron chi connectivity index (χ1n) is 12.9. The van der Waals surface area contributed by atoms with Crippen LogP contribution in [0.1, 0.15) is 35.2 Å². The zero-order chi connectivity index (χ0) is 25.8. The van der Waals surface area contributed by atoms with Crippen LogP contribution in [-0.2, 0) is 22.4 Å². The predicted octanol–water partition coefficient (Wildman–Crippen LogP) is 2.46. The van der Waals surface area contributed by atoms with Crippen molar-refractivity contribution in [3.63, 3.8) is 0 Å². The van der Waals surface area contributed by atoms with Crippen LogP contribution in [-0.4, -0.2) is 83.2 Å². The average molecular weight is 513 g/mol. The Kier molecular flexibility index (Phi) is 7.80. The van der Waals surface area contributed by atoms with Crippen LogP contribution in [0.3, 0.4) is 0 Å². The number of methoxy groups -OCH3 is 1. The standard InChI is InChI=1S/C26H33FN6O4/c1-36-12-13-37-11-10-33-26(35)32-9-6-22(15-23(32)29-33)31-8-3-5-20-14-21(17-28-24(20)31)25(34)30-7-2-4-19(16-27)18-30/h6,9,14-15,17,19H,2-5,7-8,10-13,16,18H2,1H3/t19-/m1/s1. The van der Waals surface area contributed by atoms with Gasteiger partial charge in [0, 0.05) is 56.8 Å². The summed E-state index contributed by atoms with van der Waals surface area (Å²) in [6, 6.07) is 5.69. The number of likely N-dealkylation sites (tertiary alicyclic amines) is 1. The third kappa shape index (κ3) is 5.37. The van der Waals surface area contributed by atoms with Gasteiger partial charge in [-0.25, -0.2) is 14.5 Å². The molecular formula is C26H33FN6O4. The highest BCUT2D eigenvalue weighted by molar-refractivity contribution is 5.94. The number of amides is 1. The number of rotatable bonds is 9. The van der Waals surface area contributed by atoms with Crippen molar-refractivity contribution in [2.45, 2.75) is 32.2 Å². The molecular weight excluding hydrogens is 479 g/mol. The quantitative estimate of drug-likeness (QED) is 0.407. The number of piperidine rings is 1. The summed E-state index contributed by atoms with van der Waals surface area (Å²) in [7, 11) is 1.61. The molecule has 0 unspecified atom stereocenters. The number of carbonyl (C=O) groups is 1. The Balaban J connectivity index is 1.34. The summed E-state index contributed by atoms with van der Waals surface area (Å²) in [6.45, 7) is 3.19. The Bertz CT molecular complexity index is 1310. The third-order valence-electron chi connectivity index (χ3n) is 7.06. The van der Waals surface area contributed by atoms with Gasteiger partial charge in [0.25, 0.3) is 5.91 Å². The van der Waals surface area contributed by atoms with E-state index in [-0.39, 0.29) is 17.5 Å². The summed E-state index contributed by atoms with van der Waals surface area (Å²) in [5, 5.41) is 4.48. The molecule has 3 aromatic rings. The van der Waals surface area contributed by atoms with Gasteiger partial charge in [-0.05, 0) is 43.4 Å². The summed E-state index contributed by atoms with van der Waals surface area (Å²) >= 11 is 0. The monoisotopic (exact) mass is 512 g/mol. The van der Waals surface area contributed by atoms with Crippen molar-refractivity contribution in [1.29, 1.82) is 0 Å². The zero-order valence-electron chi connectivity index (χ0n) is 21.1. The van der Waals surface area contributed by atoms with E-state index in [1.807, 2.05) is 18.2 Å². The second-order valence-corrected chi connectivity index (χ2v) is 9.60. The number of aryl methyl sites for hydroxylation is 1. The number of alkyl halides is 1. The summed E-state index contributed by atoms with van der Waals surface area (Å²) in [5.41, 5.74) is 2.77. The van der Waals surface area contributed by atoms with E-state index in [1.165, 1.54) is 9.08 Å². The summed E-state index contributed by atoms with van der Waals surface area (Å²) < 4.78 is 26.5. The Hall–Kier alpha value is -3.31. The molecule has 0 aromatic carbocycles. The molecule has 11 heteroatoms. The number of ether oxygens (including phenoxy) is 2. The predicted molar refractivity (Wildman–Crippen MR) is 136 cm³/mol. The number of hydrogen-bond donors (Lipinski definition) is 0. The van der Waals surface area contributed by atoms with E-state index in [9.17, 15) is 14.0 Å². The van der Waals surface area contributed by atoms with Crippen LogP contribution in [0.15, 0.2) is 35.4 Å². The minimum absolute atomic E-state index is 0.0761. The van der Waals surface area contributed by atoms with Gasteiger partial charge in [-0.15, -0.1) is 5.10 Å². The fraction of sp³-hybridized carbons (Fsp3) is 0.538. The lowest BCUT2D eigenvalue weighted by atomic mass is 9.98.